The Hall–Kier alpha value is -12.8. The first kappa shape index (κ1) is 78.7. The summed E-state index contributed by atoms with van der Waals surface area (Å²) in [7, 11) is 0. The summed E-state index contributed by atoms with van der Waals surface area (Å²) >= 11 is 0. The summed E-state index contributed by atoms with van der Waals surface area (Å²) in [5, 5.41) is 55.2. The van der Waals surface area contributed by atoms with Crippen molar-refractivity contribution in [2.24, 2.45) is 0 Å². The largest absolute Gasteiger partial charge is 0.381 e. The quantitative estimate of drug-likeness (QED) is 0.0402. The Morgan fingerprint density at radius 3 is 0.849 bits per heavy atom. The molecule has 4 aliphatic carbocycles. The van der Waals surface area contributed by atoms with Crippen LogP contribution < -0.4 is 31.5 Å². The van der Waals surface area contributed by atoms with E-state index in [2.05, 4.69) is 122 Å². The van der Waals surface area contributed by atoms with Gasteiger partial charge in [0.2, 0.25) is 0 Å². The fourth-order valence-electron chi connectivity index (χ4n) is 15.5. The fraction of sp³-hybridized carbons (Fsp3) is 0.360. The van der Waals surface area contributed by atoms with Gasteiger partial charge in [0.05, 0.1) is 40.8 Å². The summed E-state index contributed by atoms with van der Waals surface area (Å²) in [6.07, 6.45) is 18.5. The number of nitrogens with zero attached hydrogens (tertiary/aromatic N) is 16. The first-order chi connectivity index (χ1) is 58.0. The smallest absolute Gasteiger partial charge is 0.161 e. The highest BCUT2D eigenvalue weighted by Gasteiger charge is 2.29. The zero-order chi connectivity index (χ0) is 81.5. The van der Waals surface area contributed by atoms with E-state index in [1.807, 2.05) is 58.0 Å². The van der Waals surface area contributed by atoms with Crippen LogP contribution in [-0.4, -0.2) is 140 Å². The van der Waals surface area contributed by atoms with Gasteiger partial charge in [-0.2, -0.15) is 25.5 Å². The minimum atomic E-state index is -0.297. The summed E-state index contributed by atoms with van der Waals surface area (Å²) in [4.78, 5) is 48.5. The van der Waals surface area contributed by atoms with Gasteiger partial charge >= 0.3 is 0 Å². The lowest BCUT2D eigenvalue weighted by molar-refractivity contribution is 0.0836. The number of aromatic amines is 5. The van der Waals surface area contributed by atoms with Crippen LogP contribution in [0.3, 0.4) is 0 Å². The third-order valence-electron chi connectivity index (χ3n) is 22.1. The van der Waals surface area contributed by atoms with Gasteiger partial charge in [0.1, 0.15) is 93.1 Å². The molecule has 0 atom stereocenters. The summed E-state index contributed by atoms with van der Waals surface area (Å²) in [5.74, 6) is 12.3. The van der Waals surface area contributed by atoms with Gasteiger partial charge in [0.25, 0.3) is 0 Å². The molecule has 0 bridgehead atoms. The Morgan fingerprint density at radius 1 is 0.294 bits per heavy atom. The first-order valence-corrected chi connectivity index (χ1v) is 40.8. The predicted octanol–water partition coefficient (Wildman–Crippen LogP) is 19.7. The van der Waals surface area contributed by atoms with E-state index in [1.54, 1.807) is 30.3 Å². The zero-order valence-electron chi connectivity index (χ0n) is 66.4. The van der Waals surface area contributed by atoms with Gasteiger partial charge in [-0.3, -0.25) is 25.5 Å². The van der Waals surface area contributed by atoms with Crippen molar-refractivity contribution >= 4 is 119 Å². The molecule has 15 aromatic rings. The number of aryl methyl sites for hydroxylation is 4. The van der Waals surface area contributed by atoms with Crippen molar-refractivity contribution < 1.29 is 35.7 Å². The molecule has 0 spiro atoms. The third kappa shape index (κ3) is 19.3. The van der Waals surface area contributed by atoms with Crippen LogP contribution in [0.2, 0.25) is 0 Å². The molecule has 12 heterocycles. The molecule has 4 saturated carbocycles. The topological polar surface area (TPSA) is 354 Å². The highest BCUT2D eigenvalue weighted by molar-refractivity contribution is 5.94. The van der Waals surface area contributed by atoms with Crippen LogP contribution >= 0.6 is 0 Å². The SMILES string of the molecule is Cc1cc(Nc2n[nH]c3ccc(F)cc23)nc(C2CC2)n1.Cc1cc(Nc2n[nH]c3ccc(F)cc23)nc(C2CCC2)n1.Cc1cc(Nc2n[nH]c3ccc(F)cc23)nc(C2CCCC2)n1.Cc1cc(Nc2n[nH]c3ccc(F)cc23)nc(C2CCOCC2)n1.Fc1ccc2[nH]nc(Nc3cc(N4CCOCC4)nc(C4CCCCC4)n3)c2c1.[HH].[HH].[HH]. The number of fused-ring (bicyclic) bond motifs is 5. The molecule has 33 heteroatoms. The van der Waals surface area contributed by atoms with Crippen LogP contribution in [0.1, 0.15) is 189 Å². The van der Waals surface area contributed by atoms with E-state index < -0.39 is 0 Å². The number of H-pyrrole nitrogens is 5. The van der Waals surface area contributed by atoms with Gasteiger partial charge in [-0.25, -0.2) is 71.8 Å². The molecule has 2 saturated heterocycles. The van der Waals surface area contributed by atoms with Crippen LogP contribution in [0.4, 0.5) is 85.9 Å². The van der Waals surface area contributed by atoms with Crippen molar-refractivity contribution in [2.75, 3.05) is 71.0 Å². The molecular formula is C86H97F5N26O2. The van der Waals surface area contributed by atoms with Crippen molar-refractivity contribution in [3.05, 3.63) is 202 Å². The number of halogens is 5. The standard InChI is InChI=1S/C21H25FN6O.C17H18FN5O.C17H18FN5.C16H16FN5.C15H14FN5.3H2/c22-15-6-7-17-16(12-15)21(27-26-17)24-18-13-19(28-8-10-29-11-9-28)25-20(23-18)14-4-2-1-3-5-14;1-10-8-15(20-16(19-10)11-4-6-24-7-5-11)21-17-13-9-12(18)2-3-14(13)22-23-17;1-10-8-15(20-16(19-10)11-4-2-3-5-11)21-17-13-9-12(18)6-7-14(13)22-23-17;1-9-7-14(19-15(18-9)10-3-2-4-10)20-16-12-8-11(17)5-6-13(12)21-22-16;1-8-6-13(18-14(17-8)9-2-3-9)19-15-11-7-10(16)4-5-12(11)20-21-15;;;/h6-7,12-14H,1-5,8-11H2,(H2,23,24,25,26,27);2-3,8-9,11H,4-7H2,1H3,(H2,19,20,21,22,23);6-9,11H,2-5H2,1H3,(H2,19,20,21,22,23);5-8,10H,2-4H2,1H3,(H2,18,19,20,21,22);4-7,9H,2-3H2,1H3,(H2,17,18,19,20,21);3*1H. The van der Waals surface area contributed by atoms with Crippen molar-refractivity contribution in [1.82, 2.24) is 101 Å². The Balaban J connectivity index is 0.000000124. The molecule has 0 amide bonds. The second-order valence-corrected chi connectivity index (χ2v) is 31.1. The summed E-state index contributed by atoms with van der Waals surface area (Å²) in [6, 6.07) is 32.2. The molecule has 10 aromatic heterocycles. The molecule has 6 fully saturated rings. The second kappa shape index (κ2) is 35.6. The highest BCUT2D eigenvalue weighted by Crippen LogP contribution is 2.41. The molecule has 0 radical (unpaired) electrons. The average Bonchev–Trinajstić information content (AvgIpc) is 1.58. The average molecular weight is 1620 g/mol. The lowest BCUT2D eigenvalue weighted by atomic mass is 9.85. The number of anilines is 11. The van der Waals surface area contributed by atoms with Crippen LogP contribution in [0.15, 0.2) is 121 Å². The zero-order valence-corrected chi connectivity index (χ0v) is 66.4. The number of hydrogen-bond donors (Lipinski definition) is 10. The maximum absolute atomic E-state index is 13.7. The number of aromatic nitrogens is 20. The molecule has 2 aliphatic heterocycles. The van der Waals surface area contributed by atoms with Crippen LogP contribution in [-0.2, 0) is 9.47 Å². The Bertz CT molecular complexity index is 6060. The molecule has 618 valence electrons. The minimum absolute atomic E-state index is 0. The number of morpholine rings is 1. The van der Waals surface area contributed by atoms with E-state index in [9.17, 15) is 22.0 Å². The lowest BCUT2D eigenvalue weighted by Crippen LogP contribution is -2.37. The van der Waals surface area contributed by atoms with Crippen molar-refractivity contribution in [3.63, 3.8) is 0 Å². The van der Waals surface area contributed by atoms with Crippen molar-refractivity contribution in [1.29, 1.82) is 0 Å². The molecule has 21 rings (SSSR count). The van der Waals surface area contributed by atoms with Crippen LogP contribution in [0.25, 0.3) is 54.5 Å². The third-order valence-corrected chi connectivity index (χ3v) is 22.1. The van der Waals surface area contributed by atoms with Gasteiger partial charge < -0.3 is 41.0 Å². The van der Waals surface area contributed by atoms with Gasteiger partial charge in [-0.05, 0) is 183 Å². The van der Waals surface area contributed by atoms with Gasteiger partial charge in [-0.15, -0.1) is 0 Å². The highest BCUT2D eigenvalue weighted by atomic mass is 19.1. The number of ether oxygens (including phenoxy) is 2. The van der Waals surface area contributed by atoms with E-state index in [0.717, 1.165) is 176 Å². The Morgan fingerprint density at radius 2 is 0.555 bits per heavy atom. The maximum Gasteiger partial charge on any atom is 0.161 e. The van der Waals surface area contributed by atoms with Crippen molar-refractivity contribution in [2.45, 2.75) is 160 Å². The minimum Gasteiger partial charge on any atom is -0.381 e. The van der Waals surface area contributed by atoms with Crippen LogP contribution in [0.5, 0.6) is 0 Å². The Labute approximate surface area is 685 Å². The molecule has 0 unspecified atom stereocenters. The molecule has 5 aromatic carbocycles. The molecule has 119 heavy (non-hydrogen) atoms. The van der Waals surface area contributed by atoms with E-state index in [0.29, 0.717) is 128 Å². The lowest BCUT2D eigenvalue weighted by Gasteiger charge is -2.29. The van der Waals surface area contributed by atoms with E-state index in [1.165, 1.54) is 99.2 Å². The van der Waals surface area contributed by atoms with E-state index in [4.69, 9.17) is 19.4 Å². The summed E-state index contributed by atoms with van der Waals surface area (Å²) in [6.45, 7) is 12.3. The number of nitrogens with one attached hydrogen (secondary N) is 10. The molecular weight excluding hydrogens is 1520 g/mol. The number of benzene rings is 5. The molecule has 6 aliphatic rings. The summed E-state index contributed by atoms with van der Waals surface area (Å²) < 4.78 is 78.4. The van der Waals surface area contributed by atoms with Gasteiger partial charge in [0, 0.05) is 140 Å². The molecule has 10 N–H and O–H groups in total. The van der Waals surface area contributed by atoms with Gasteiger partial charge in [0.15, 0.2) is 29.1 Å². The second-order valence-electron chi connectivity index (χ2n) is 31.1. The first-order valence-electron chi connectivity index (χ1n) is 40.8. The maximum atomic E-state index is 13.7. The monoisotopic (exact) mass is 1620 g/mol. The Kier molecular flexibility index (Phi) is 23.5. The van der Waals surface area contributed by atoms with Crippen LogP contribution in [0, 0.1) is 56.8 Å². The number of rotatable bonds is 16. The van der Waals surface area contributed by atoms with E-state index >= 15 is 0 Å². The normalized spacial score (nSPS) is 16.0. The number of hydrogen-bond acceptors (Lipinski definition) is 23. The predicted molar refractivity (Wildman–Crippen MR) is 454 cm³/mol. The van der Waals surface area contributed by atoms with Crippen molar-refractivity contribution in [3.8, 4) is 0 Å². The fourth-order valence-corrected chi connectivity index (χ4v) is 15.5. The van der Waals surface area contributed by atoms with Gasteiger partial charge in [-0.1, -0.05) is 38.5 Å². The summed E-state index contributed by atoms with van der Waals surface area (Å²) in [5.41, 5.74) is 7.57. The van der Waals surface area contributed by atoms with E-state index in [-0.39, 0.29) is 33.4 Å². The molecule has 28 nitrogen and oxygen atoms in total.